The minimum absolute atomic E-state index is 0.0804. The molecule has 0 bridgehead atoms. The van der Waals surface area contributed by atoms with Gasteiger partial charge in [0.25, 0.3) is 0 Å². The van der Waals surface area contributed by atoms with E-state index in [-0.39, 0.29) is 11.7 Å². The summed E-state index contributed by atoms with van der Waals surface area (Å²) in [5, 5.41) is 3.08. The summed E-state index contributed by atoms with van der Waals surface area (Å²) in [4.78, 5) is 16.8. The van der Waals surface area contributed by atoms with Crippen molar-refractivity contribution in [2.24, 2.45) is 0 Å². The van der Waals surface area contributed by atoms with E-state index < -0.39 is 24.0 Å². The molecule has 112 valence electrons. The van der Waals surface area contributed by atoms with Gasteiger partial charge in [0.15, 0.2) is 0 Å². The van der Waals surface area contributed by atoms with E-state index in [1.165, 1.54) is 4.90 Å². The lowest BCUT2D eigenvalue weighted by atomic mass is 10.2. The van der Waals surface area contributed by atoms with Gasteiger partial charge in [-0.15, -0.1) is 0 Å². The van der Waals surface area contributed by atoms with Crippen LogP contribution < -0.4 is 10.2 Å². The minimum Gasteiger partial charge on any atom is -0.464 e. The molecule has 0 aromatic carbocycles. The van der Waals surface area contributed by atoms with Gasteiger partial charge in [0, 0.05) is 31.2 Å². The number of esters is 1. The van der Waals surface area contributed by atoms with Gasteiger partial charge in [0.2, 0.25) is 11.0 Å². The van der Waals surface area contributed by atoms with Crippen molar-refractivity contribution in [2.75, 3.05) is 31.1 Å². The summed E-state index contributed by atoms with van der Waals surface area (Å²) in [6, 6.07) is -0.683. The maximum Gasteiger partial charge on any atom is 0.452 e. The quantitative estimate of drug-likeness (QED) is 0.837. The highest BCUT2D eigenvalue weighted by Gasteiger charge is 2.38. The molecule has 1 unspecified atom stereocenters. The molecule has 0 aliphatic carbocycles. The summed E-state index contributed by atoms with van der Waals surface area (Å²) in [6.45, 7) is 3.12. The summed E-state index contributed by atoms with van der Waals surface area (Å²) in [7, 11) is 0. The predicted molar refractivity (Wildman–Crippen MR) is 65.5 cm³/mol. The number of hydrogen-bond donors (Lipinski definition) is 1. The number of ether oxygens (including phenoxy) is 1. The second-order valence-electron chi connectivity index (χ2n) is 4.06. The van der Waals surface area contributed by atoms with Crippen LogP contribution in [0.2, 0.25) is 0 Å². The van der Waals surface area contributed by atoms with Crippen LogP contribution >= 0.6 is 11.5 Å². The molecule has 0 spiro atoms. The van der Waals surface area contributed by atoms with E-state index in [1.807, 2.05) is 0 Å². The molecule has 1 N–H and O–H groups in total. The highest BCUT2D eigenvalue weighted by atomic mass is 32.1. The van der Waals surface area contributed by atoms with Crippen LogP contribution in [0.15, 0.2) is 0 Å². The first-order valence-corrected chi connectivity index (χ1v) is 6.75. The van der Waals surface area contributed by atoms with E-state index in [2.05, 4.69) is 14.7 Å². The van der Waals surface area contributed by atoms with Gasteiger partial charge in [0.1, 0.15) is 6.04 Å². The second-order valence-corrected chi connectivity index (χ2v) is 4.79. The zero-order valence-electron chi connectivity index (χ0n) is 10.6. The Morgan fingerprint density at radius 3 is 2.95 bits per heavy atom. The lowest BCUT2D eigenvalue weighted by Crippen LogP contribution is -2.55. The molecule has 1 saturated heterocycles. The molecule has 1 atom stereocenters. The largest absolute Gasteiger partial charge is 0.464 e. The number of halogens is 3. The topological polar surface area (TPSA) is 67.3 Å². The Morgan fingerprint density at radius 1 is 1.60 bits per heavy atom. The van der Waals surface area contributed by atoms with Gasteiger partial charge >= 0.3 is 12.1 Å². The zero-order valence-corrected chi connectivity index (χ0v) is 11.4. The number of piperazine rings is 1. The van der Waals surface area contributed by atoms with E-state index in [4.69, 9.17) is 4.74 Å². The van der Waals surface area contributed by atoms with Crippen LogP contribution in [0.25, 0.3) is 0 Å². The van der Waals surface area contributed by atoms with E-state index >= 15 is 0 Å². The fourth-order valence-electron chi connectivity index (χ4n) is 1.83. The van der Waals surface area contributed by atoms with Gasteiger partial charge in [-0.3, -0.25) is 0 Å². The zero-order chi connectivity index (χ0) is 14.8. The first-order valence-electron chi connectivity index (χ1n) is 5.98. The van der Waals surface area contributed by atoms with Crippen molar-refractivity contribution < 1.29 is 22.7 Å². The third kappa shape index (κ3) is 3.18. The van der Waals surface area contributed by atoms with Crippen molar-refractivity contribution in [3.05, 3.63) is 5.82 Å². The van der Waals surface area contributed by atoms with Gasteiger partial charge < -0.3 is 15.0 Å². The number of nitrogens with one attached hydrogen (secondary N) is 1. The lowest BCUT2D eigenvalue weighted by Gasteiger charge is -2.33. The number of carbonyl (C=O) groups is 1. The molecule has 0 radical (unpaired) electrons. The van der Waals surface area contributed by atoms with Gasteiger partial charge in [-0.1, -0.05) is 0 Å². The van der Waals surface area contributed by atoms with Crippen LogP contribution in [0.3, 0.4) is 0 Å². The van der Waals surface area contributed by atoms with Crippen molar-refractivity contribution in [3.63, 3.8) is 0 Å². The molecule has 2 heterocycles. The minimum atomic E-state index is -4.58. The SMILES string of the molecule is CCOC(=O)C1CNCCN1c1nc(C(F)(F)F)ns1. The molecule has 1 fully saturated rings. The number of alkyl halides is 3. The van der Waals surface area contributed by atoms with Crippen molar-refractivity contribution in [1.29, 1.82) is 0 Å². The summed E-state index contributed by atoms with van der Waals surface area (Å²) in [5.41, 5.74) is 0. The van der Waals surface area contributed by atoms with Crippen molar-refractivity contribution >= 4 is 22.6 Å². The van der Waals surface area contributed by atoms with Gasteiger partial charge in [0.05, 0.1) is 6.61 Å². The summed E-state index contributed by atoms with van der Waals surface area (Å²) < 4.78 is 45.7. The number of hydrogen-bond acceptors (Lipinski definition) is 7. The molecule has 1 aliphatic rings. The van der Waals surface area contributed by atoms with Crippen LogP contribution in [0.5, 0.6) is 0 Å². The summed E-state index contributed by atoms with van der Waals surface area (Å²) in [6.07, 6.45) is -4.58. The number of nitrogens with zero attached hydrogens (tertiary/aromatic N) is 3. The molecule has 0 amide bonds. The highest BCUT2D eigenvalue weighted by Crippen LogP contribution is 2.31. The standard InChI is InChI=1S/C10H13F3N4O2S/c1-2-19-7(18)6-5-14-3-4-17(6)9-15-8(16-20-9)10(11,12)13/h6,14H,2-5H2,1H3. The smallest absolute Gasteiger partial charge is 0.452 e. The maximum absolute atomic E-state index is 12.5. The van der Waals surface area contributed by atoms with Crippen LogP contribution in [0.1, 0.15) is 12.7 Å². The summed E-state index contributed by atoms with van der Waals surface area (Å²) >= 11 is 0.631. The van der Waals surface area contributed by atoms with Crippen LogP contribution in [-0.2, 0) is 15.7 Å². The van der Waals surface area contributed by atoms with Gasteiger partial charge in [-0.2, -0.15) is 22.5 Å². The molecule has 1 aliphatic heterocycles. The number of carbonyl (C=O) groups excluding carboxylic acids is 1. The maximum atomic E-state index is 12.5. The van der Waals surface area contributed by atoms with Crippen molar-refractivity contribution in [1.82, 2.24) is 14.7 Å². The molecule has 1 aromatic rings. The molecule has 2 rings (SSSR count). The molecule has 0 saturated carbocycles. The predicted octanol–water partition coefficient (Wildman–Crippen LogP) is 0.898. The fraction of sp³-hybridized carbons (Fsp3) is 0.700. The Hall–Kier alpha value is -1.42. The fourth-order valence-corrected chi connectivity index (χ4v) is 2.59. The first-order chi connectivity index (χ1) is 9.43. The van der Waals surface area contributed by atoms with Gasteiger partial charge in [-0.25, -0.2) is 4.79 Å². The average Bonchev–Trinajstić information content (AvgIpc) is 2.88. The Bertz CT molecular complexity index is 479. The molecule has 10 heteroatoms. The van der Waals surface area contributed by atoms with E-state index in [9.17, 15) is 18.0 Å². The first kappa shape index (κ1) is 15.0. The second kappa shape index (κ2) is 5.92. The Kier molecular flexibility index (Phi) is 4.43. The lowest BCUT2D eigenvalue weighted by molar-refractivity contribution is -0.145. The van der Waals surface area contributed by atoms with Crippen LogP contribution in [0.4, 0.5) is 18.3 Å². The molecule has 20 heavy (non-hydrogen) atoms. The van der Waals surface area contributed by atoms with E-state index in [0.717, 1.165) is 0 Å². The monoisotopic (exact) mass is 310 g/mol. The number of rotatable bonds is 3. The van der Waals surface area contributed by atoms with E-state index in [1.54, 1.807) is 6.92 Å². The third-order valence-electron chi connectivity index (χ3n) is 2.72. The van der Waals surface area contributed by atoms with E-state index in [0.29, 0.717) is 31.2 Å². The molecule has 1 aromatic heterocycles. The third-order valence-corrected chi connectivity index (χ3v) is 3.47. The molecule has 6 nitrogen and oxygen atoms in total. The molecular weight excluding hydrogens is 297 g/mol. The average molecular weight is 310 g/mol. The Balaban J connectivity index is 2.19. The summed E-state index contributed by atoms with van der Waals surface area (Å²) in [5.74, 6) is -1.66. The normalized spacial score (nSPS) is 20.0. The van der Waals surface area contributed by atoms with Gasteiger partial charge in [-0.05, 0) is 6.92 Å². The van der Waals surface area contributed by atoms with Crippen molar-refractivity contribution in [2.45, 2.75) is 19.1 Å². The number of anilines is 1. The highest BCUT2D eigenvalue weighted by molar-refractivity contribution is 7.09. The Labute approximate surface area is 117 Å². The van der Waals surface area contributed by atoms with Crippen LogP contribution in [-0.4, -0.2) is 47.6 Å². The van der Waals surface area contributed by atoms with Crippen molar-refractivity contribution in [3.8, 4) is 0 Å². The number of aromatic nitrogens is 2. The Morgan fingerprint density at radius 2 is 2.35 bits per heavy atom. The van der Waals surface area contributed by atoms with Crippen LogP contribution in [0, 0.1) is 0 Å². The molecular formula is C10H13F3N4O2S.